The number of benzene rings is 6. The van der Waals surface area contributed by atoms with E-state index in [4.69, 9.17) is 9.47 Å². The van der Waals surface area contributed by atoms with Crippen molar-refractivity contribution < 1.29 is 47.8 Å². The van der Waals surface area contributed by atoms with Gasteiger partial charge < -0.3 is 50.1 Å². The number of amides is 3. The molecule has 0 unspecified atom stereocenters. The topological polar surface area (TPSA) is 255 Å². The molecule has 0 aliphatic carbocycles. The summed E-state index contributed by atoms with van der Waals surface area (Å²) >= 11 is 7.97. The average Bonchev–Trinajstić information content (AvgIpc) is 1.63. The van der Waals surface area contributed by atoms with Gasteiger partial charge in [-0.2, -0.15) is 15.3 Å². The van der Waals surface area contributed by atoms with Crippen molar-refractivity contribution in [2.75, 3.05) is 56.1 Å². The van der Waals surface area contributed by atoms with Crippen LogP contribution in [-0.4, -0.2) is 112 Å². The van der Waals surface area contributed by atoms with Gasteiger partial charge in [-0.3, -0.25) is 14.4 Å². The van der Waals surface area contributed by atoms with Crippen molar-refractivity contribution in [1.82, 2.24) is 45.3 Å². The number of anilines is 3. The van der Waals surface area contributed by atoms with Crippen molar-refractivity contribution in [1.29, 1.82) is 0 Å². The quantitative estimate of drug-likeness (QED) is 0.0182. The second-order valence-corrected chi connectivity index (χ2v) is 27.2. The van der Waals surface area contributed by atoms with Gasteiger partial charge in [0, 0.05) is 51.6 Å². The lowest BCUT2D eigenvalue weighted by Crippen LogP contribution is -2.29. The van der Waals surface area contributed by atoms with Gasteiger partial charge in [0.15, 0.2) is 0 Å². The van der Waals surface area contributed by atoms with Crippen LogP contribution in [0, 0.1) is 27.9 Å². The minimum absolute atomic E-state index is 0.150. The number of esters is 3. The number of halogens is 3. The van der Waals surface area contributed by atoms with Crippen molar-refractivity contribution >= 4 is 120 Å². The second-order valence-electron chi connectivity index (χ2n) is 24.2. The number of hydrogen-bond donors (Lipinski definition) is 4. The number of aryl methyl sites for hydroxylation is 4. The molecule has 25 heteroatoms. The predicted octanol–water partition coefficient (Wildman–Crippen LogP) is 12.8. The van der Waals surface area contributed by atoms with E-state index in [2.05, 4.69) is 185 Å². The van der Waals surface area contributed by atoms with E-state index in [9.17, 15) is 33.6 Å². The number of hydrogen-bond acceptors (Lipinski definition) is 16. The molecule has 522 valence electrons. The maximum absolute atomic E-state index is 13.3. The molecule has 0 bridgehead atoms. The summed E-state index contributed by atoms with van der Waals surface area (Å²) in [7, 11) is 4.05. The second kappa shape index (κ2) is 35.2. The molecular weight excluding hydrogens is 1560 g/mol. The summed E-state index contributed by atoms with van der Waals surface area (Å²) in [4.78, 5) is 89.0. The first-order valence-corrected chi connectivity index (χ1v) is 35.9. The maximum atomic E-state index is 13.3. The number of nitrogens with zero attached hydrogens (tertiary/aromatic N) is 8. The first-order chi connectivity index (χ1) is 48.1. The summed E-state index contributed by atoms with van der Waals surface area (Å²) in [6.07, 6.45) is 2.20. The molecule has 3 amide bonds. The Bertz CT molecular complexity index is 4350. The lowest BCUT2D eigenvalue weighted by Gasteiger charge is -2.20. The molecule has 3 atom stereocenters. The van der Waals surface area contributed by atoms with Crippen molar-refractivity contribution in [3.8, 4) is 0 Å². The minimum Gasteiger partial charge on any atom is -0.465 e. The summed E-state index contributed by atoms with van der Waals surface area (Å²) in [5.74, 6) is 0.834. The molecular formula is C75H81BrI2N12O10. The normalized spacial score (nSPS) is 13.2. The number of aromatic nitrogens is 6. The zero-order valence-electron chi connectivity index (χ0n) is 57.2. The number of ether oxygens (including phenoxy) is 3. The number of alkyl halides is 1. The first-order valence-electron chi connectivity index (χ1n) is 32.6. The SMILES string of the molecule is BrCc1ccc(I)cc1.COC(=O)c1ccc([C@H](C)NC(=O)c2c(C)nn3c2N(Cc2ccc(CCC=O)cc2)CC3)cc1.COC(=O)c1ccc([C@H](C)NC(=O)c2c(C)nn3c2N(Cc2ccc(I)cc2)CC3)cc1.COC(=O)c1ccc([C@H](C)NC(=O)c2c(C)nn3c2NCC3)cc1. The number of methoxy groups -OCH3 is 3. The van der Waals surface area contributed by atoms with Gasteiger partial charge in [0.1, 0.15) is 40.4 Å². The number of carbonyl (C=O) groups is 7. The zero-order chi connectivity index (χ0) is 71.7. The van der Waals surface area contributed by atoms with Crippen LogP contribution in [0.25, 0.3) is 0 Å². The first kappa shape index (κ1) is 75.0. The molecule has 0 spiro atoms. The number of nitrogens with one attached hydrogen (secondary N) is 4. The fourth-order valence-electron chi connectivity index (χ4n) is 11.8. The third-order valence-electron chi connectivity index (χ3n) is 17.2. The molecule has 0 saturated heterocycles. The average molecular weight is 1640 g/mol. The molecule has 100 heavy (non-hydrogen) atoms. The highest BCUT2D eigenvalue weighted by Gasteiger charge is 2.33. The fraction of sp³-hybridized carbons (Fsp3) is 0.307. The Hall–Kier alpha value is -9.22. The van der Waals surface area contributed by atoms with Gasteiger partial charge >= 0.3 is 17.9 Å². The Morgan fingerprint density at radius 3 is 1.19 bits per heavy atom. The highest BCUT2D eigenvalue weighted by molar-refractivity contribution is 14.1. The van der Waals surface area contributed by atoms with Crippen molar-refractivity contribution in [2.45, 2.75) is 111 Å². The minimum atomic E-state index is -0.394. The molecule has 6 aromatic carbocycles. The van der Waals surface area contributed by atoms with Gasteiger partial charge in [-0.25, -0.2) is 28.4 Å². The van der Waals surface area contributed by atoms with Crippen LogP contribution in [0.2, 0.25) is 0 Å². The van der Waals surface area contributed by atoms with Crippen molar-refractivity contribution in [3.05, 3.63) is 242 Å². The summed E-state index contributed by atoms with van der Waals surface area (Å²) in [5.41, 5.74) is 12.8. The Balaban J connectivity index is 0.000000166. The molecule has 12 rings (SSSR count). The molecule has 3 aromatic heterocycles. The largest absolute Gasteiger partial charge is 0.465 e. The summed E-state index contributed by atoms with van der Waals surface area (Å²) in [5, 5.41) is 26.9. The predicted molar refractivity (Wildman–Crippen MR) is 404 cm³/mol. The van der Waals surface area contributed by atoms with Crippen molar-refractivity contribution in [2.24, 2.45) is 0 Å². The van der Waals surface area contributed by atoms with E-state index < -0.39 is 5.97 Å². The van der Waals surface area contributed by atoms with Gasteiger partial charge in [0.05, 0.1) is 92.9 Å². The lowest BCUT2D eigenvalue weighted by molar-refractivity contribution is -0.107. The van der Waals surface area contributed by atoms with Crippen LogP contribution in [0.15, 0.2) is 146 Å². The van der Waals surface area contributed by atoms with E-state index in [-0.39, 0.29) is 47.8 Å². The molecule has 4 N–H and O–H groups in total. The van der Waals surface area contributed by atoms with E-state index >= 15 is 0 Å². The third kappa shape index (κ3) is 18.8. The Labute approximate surface area is 617 Å². The number of fused-ring (bicyclic) bond motifs is 3. The van der Waals surface area contributed by atoms with Crippen LogP contribution in [-0.2, 0) is 63.5 Å². The van der Waals surface area contributed by atoms with Gasteiger partial charge in [0.25, 0.3) is 17.7 Å². The summed E-state index contributed by atoms with van der Waals surface area (Å²) in [6, 6.07) is 45.6. The highest BCUT2D eigenvalue weighted by atomic mass is 127. The van der Waals surface area contributed by atoms with Gasteiger partial charge in [-0.1, -0.05) is 101 Å². The lowest BCUT2D eigenvalue weighted by atomic mass is 10.1. The molecule has 3 aliphatic rings. The summed E-state index contributed by atoms with van der Waals surface area (Å²) < 4.78 is 22.3. The number of carbonyl (C=O) groups excluding carboxylic acids is 7. The monoisotopic (exact) mass is 1640 g/mol. The molecule has 6 heterocycles. The van der Waals surface area contributed by atoms with Gasteiger partial charge in [0.2, 0.25) is 0 Å². The summed E-state index contributed by atoms with van der Waals surface area (Å²) in [6.45, 7) is 17.3. The van der Waals surface area contributed by atoms with Crippen molar-refractivity contribution in [3.63, 3.8) is 0 Å². The van der Waals surface area contributed by atoms with Crippen LogP contribution in [0.4, 0.5) is 17.5 Å². The smallest absolute Gasteiger partial charge is 0.337 e. The third-order valence-corrected chi connectivity index (χ3v) is 19.3. The molecule has 3 aliphatic heterocycles. The molecule has 0 fully saturated rings. The van der Waals surface area contributed by atoms with E-state index in [1.54, 1.807) is 36.4 Å². The fourth-order valence-corrected chi connectivity index (χ4v) is 12.9. The van der Waals surface area contributed by atoms with E-state index in [1.807, 2.05) is 92.0 Å². The van der Waals surface area contributed by atoms with Crippen LogP contribution < -0.4 is 31.1 Å². The Morgan fingerprint density at radius 2 is 0.820 bits per heavy atom. The van der Waals surface area contributed by atoms with E-state index in [0.717, 1.165) is 115 Å². The Morgan fingerprint density at radius 1 is 0.480 bits per heavy atom. The van der Waals surface area contributed by atoms with Gasteiger partial charge in [-0.05, 0) is 193 Å². The molecule has 0 radical (unpaired) electrons. The maximum Gasteiger partial charge on any atom is 0.337 e. The van der Waals surface area contributed by atoms with E-state index in [0.29, 0.717) is 57.7 Å². The van der Waals surface area contributed by atoms with Crippen LogP contribution >= 0.6 is 61.1 Å². The molecule has 22 nitrogen and oxygen atoms in total. The molecule has 9 aromatic rings. The zero-order valence-corrected chi connectivity index (χ0v) is 63.1. The standard InChI is InChI=1S/C27H30N4O4.C24H25IN4O3.C17H20N4O3.C7H6BrI/c1-18(22-10-12-23(13-11-22)27(34)35-3)28-25(33)24-19(2)29-31-15-14-30(26(24)31)17-21-8-6-20(7-9-21)5-4-16-32;1-15(18-6-8-19(9-7-18)24(31)32-3)26-22(30)21-16(2)27-29-13-12-28(23(21)29)14-17-4-10-20(25)11-5-17;1-10(12-4-6-13(7-5-12)17(23)24-3)19-16(22)14-11(2)20-21-9-8-18-15(14)21;8-5-6-1-3-7(9)4-2-6/h6-13,16,18H,4-5,14-15,17H2,1-3H3,(H,28,33);4-11,15H,12-14H2,1-3H3,(H,26,30);4-7,10,18H,8-9H2,1-3H3,(H,19,22);1-4H,5H2/t18-;15-;10-;/m000./s1. The van der Waals surface area contributed by atoms with Gasteiger partial charge in [-0.15, -0.1) is 0 Å². The highest BCUT2D eigenvalue weighted by Crippen LogP contribution is 2.33. The Kier molecular flexibility index (Phi) is 26.4. The van der Waals surface area contributed by atoms with E-state index in [1.165, 1.54) is 39.6 Å². The number of aldehydes is 1. The number of rotatable bonds is 20. The van der Waals surface area contributed by atoms with Crippen LogP contribution in [0.5, 0.6) is 0 Å². The van der Waals surface area contributed by atoms with Crippen LogP contribution in [0.1, 0.15) is 163 Å². The molecule has 0 saturated carbocycles. The van der Waals surface area contributed by atoms with Crippen LogP contribution in [0.3, 0.4) is 0 Å².